The van der Waals surface area contributed by atoms with Gasteiger partial charge in [0.1, 0.15) is 0 Å². The predicted molar refractivity (Wildman–Crippen MR) is 81.1 cm³/mol. The second-order valence-corrected chi connectivity index (χ2v) is 6.34. The molecule has 0 aliphatic carbocycles. The van der Waals surface area contributed by atoms with Crippen molar-refractivity contribution < 1.29 is 19.2 Å². The summed E-state index contributed by atoms with van der Waals surface area (Å²) in [6.07, 6.45) is 0.540. The number of benzene rings is 1. The molecule has 0 saturated carbocycles. The van der Waals surface area contributed by atoms with Gasteiger partial charge in [0, 0.05) is 6.20 Å². The van der Waals surface area contributed by atoms with Gasteiger partial charge in [0.25, 0.3) is 0 Å². The fourth-order valence-corrected chi connectivity index (χ4v) is 2.53. The van der Waals surface area contributed by atoms with E-state index in [0.717, 1.165) is 10.8 Å². The molecule has 110 valence electrons. The van der Waals surface area contributed by atoms with Crippen molar-refractivity contribution in [3.8, 4) is 0 Å². The number of rotatable bonds is 1. The maximum Gasteiger partial charge on any atom is 0.495 e. The normalized spacial score (nSPS) is 20.1. The highest BCUT2D eigenvalue weighted by atomic mass is 16.7. The van der Waals surface area contributed by atoms with Gasteiger partial charge in [-0.05, 0) is 50.7 Å². The van der Waals surface area contributed by atoms with E-state index < -0.39 is 24.4 Å². The number of carboxylic acid groups (broad SMARTS) is 1. The summed E-state index contributed by atoms with van der Waals surface area (Å²) in [5.41, 5.74) is 0.644. The van der Waals surface area contributed by atoms with Crippen molar-refractivity contribution in [1.29, 1.82) is 0 Å². The van der Waals surface area contributed by atoms with Crippen LogP contribution < -0.4 is 5.46 Å². The van der Waals surface area contributed by atoms with Crippen LogP contribution in [-0.4, -0.2) is 34.1 Å². The van der Waals surface area contributed by atoms with Crippen LogP contribution in [0.3, 0.4) is 0 Å². The minimum absolute atomic E-state index is 0.421. The molecule has 0 bridgehead atoms. The zero-order valence-corrected chi connectivity index (χ0v) is 12.6. The van der Waals surface area contributed by atoms with Crippen LogP contribution in [-0.2, 0) is 9.31 Å². The summed E-state index contributed by atoms with van der Waals surface area (Å²) in [7, 11) is -0.497. The number of carbonyl (C=O) groups is 1. The number of hydrogen-bond donors (Lipinski definition) is 1. The fourth-order valence-electron chi connectivity index (χ4n) is 2.53. The lowest BCUT2D eigenvalue weighted by Gasteiger charge is -2.32. The number of fused-ring (bicyclic) bond motifs is 1. The Kier molecular flexibility index (Phi) is 2.94. The number of hydrogen-bond acceptors (Lipinski definition) is 3. The molecule has 2 heterocycles. The lowest BCUT2D eigenvalue weighted by Crippen LogP contribution is -2.41. The molecule has 2 aromatic rings. The molecule has 1 N–H and O–H groups in total. The van der Waals surface area contributed by atoms with Crippen molar-refractivity contribution in [2.75, 3.05) is 0 Å². The molecule has 21 heavy (non-hydrogen) atoms. The summed E-state index contributed by atoms with van der Waals surface area (Å²) in [5, 5.41) is 10.0. The Hall–Kier alpha value is -1.79. The first-order valence-corrected chi connectivity index (χ1v) is 6.92. The molecule has 0 unspecified atom stereocenters. The zero-order chi connectivity index (χ0) is 15.4. The summed E-state index contributed by atoms with van der Waals surface area (Å²) in [4.78, 5) is 11.2. The minimum Gasteiger partial charge on any atom is -0.464 e. The second-order valence-electron chi connectivity index (χ2n) is 6.34. The van der Waals surface area contributed by atoms with E-state index in [-0.39, 0.29) is 0 Å². The van der Waals surface area contributed by atoms with Crippen LogP contribution in [0.2, 0.25) is 0 Å². The first-order valence-electron chi connectivity index (χ1n) is 6.92. The molecule has 1 aliphatic heterocycles. The molecule has 1 aromatic carbocycles. The van der Waals surface area contributed by atoms with E-state index in [9.17, 15) is 9.90 Å². The fraction of sp³-hybridized carbons (Fsp3) is 0.400. The third-order valence-electron chi connectivity index (χ3n) is 4.48. The Balaban J connectivity index is 2.09. The van der Waals surface area contributed by atoms with Gasteiger partial charge in [-0.1, -0.05) is 12.1 Å². The molecule has 3 rings (SSSR count). The van der Waals surface area contributed by atoms with Gasteiger partial charge in [0.05, 0.1) is 16.7 Å². The van der Waals surface area contributed by atoms with Crippen molar-refractivity contribution >= 4 is 29.6 Å². The summed E-state index contributed by atoms with van der Waals surface area (Å²) < 4.78 is 13.3. The molecule has 1 aliphatic rings. The maximum absolute atomic E-state index is 11.2. The van der Waals surface area contributed by atoms with Crippen LogP contribution in [0.25, 0.3) is 10.9 Å². The van der Waals surface area contributed by atoms with E-state index in [1.165, 1.54) is 4.57 Å². The number of aromatic nitrogens is 1. The summed E-state index contributed by atoms with van der Waals surface area (Å²) in [5.74, 6) is 0. The lowest BCUT2D eigenvalue weighted by atomic mass is 9.77. The molecule has 0 amide bonds. The first kappa shape index (κ1) is 14.2. The van der Waals surface area contributed by atoms with Crippen molar-refractivity contribution in [2.45, 2.75) is 38.9 Å². The van der Waals surface area contributed by atoms with Crippen LogP contribution >= 0.6 is 0 Å². The lowest BCUT2D eigenvalue weighted by molar-refractivity contribution is 0.00578. The molecule has 6 heteroatoms. The van der Waals surface area contributed by atoms with Crippen LogP contribution in [0.5, 0.6) is 0 Å². The third-order valence-corrected chi connectivity index (χ3v) is 4.48. The summed E-state index contributed by atoms with van der Waals surface area (Å²) >= 11 is 0. The third kappa shape index (κ3) is 2.06. The number of nitrogens with zero attached hydrogens (tertiary/aromatic N) is 1. The van der Waals surface area contributed by atoms with Gasteiger partial charge in [-0.15, -0.1) is 0 Å². The smallest absolute Gasteiger partial charge is 0.464 e. The van der Waals surface area contributed by atoms with Gasteiger partial charge in [0.15, 0.2) is 0 Å². The Morgan fingerprint density at radius 3 is 2.33 bits per heavy atom. The maximum atomic E-state index is 11.2. The summed E-state index contributed by atoms with van der Waals surface area (Å²) in [6, 6.07) is 7.29. The van der Waals surface area contributed by atoms with Gasteiger partial charge in [-0.3, -0.25) is 4.57 Å². The zero-order valence-electron chi connectivity index (χ0n) is 12.6. The van der Waals surface area contributed by atoms with Crippen molar-refractivity contribution in [3.05, 3.63) is 30.5 Å². The Labute approximate surface area is 123 Å². The monoisotopic (exact) mass is 287 g/mol. The molecule has 0 radical (unpaired) electrons. The molecule has 1 fully saturated rings. The molecule has 0 spiro atoms. The van der Waals surface area contributed by atoms with Crippen molar-refractivity contribution in [1.82, 2.24) is 4.57 Å². The molecule has 1 saturated heterocycles. The van der Waals surface area contributed by atoms with Gasteiger partial charge in [-0.2, -0.15) is 0 Å². The average molecular weight is 287 g/mol. The van der Waals surface area contributed by atoms with Crippen molar-refractivity contribution in [2.24, 2.45) is 0 Å². The highest BCUT2D eigenvalue weighted by Crippen LogP contribution is 2.37. The van der Waals surface area contributed by atoms with Crippen LogP contribution in [0.1, 0.15) is 27.7 Å². The average Bonchev–Trinajstić information content (AvgIpc) is 2.88. The van der Waals surface area contributed by atoms with E-state index in [1.807, 2.05) is 39.8 Å². The first-order chi connectivity index (χ1) is 9.73. The van der Waals surface area contributed by atoms with E-state index >= 15 is 0 Å². The quantitative estimate of drug-likeness (QED) is 0.818. The molecule has 1 aromatic heterocycles. The highest BCUT2D eigenvalue weighted by molar-refractivity contribution is 6.65. The molecule has 0 atom stereocenters. The van der Waals surface area contributed by atoms with Crippen LogP contribution in [0.15, 0.2) is 30.5 Å². The van der Waals surface area contributed by atoms with Crippen molar-refractivity contribution in [3.63, 3.8) is 0 Å². The molecular weight excluding hydrogens is 269 g/mol. The molecule has 5 nitrogen and oxygen atoms in total. The van der Waals surface area contributed by atoms with E-state index in [0.29, 0.717) is 5.52 Å². The Morgan fingerprint density at radius 2 is 1.76 bits per heavy atom. The second kappa shape index (κ2) is 4.35. The molecular formula is C15H18BNO4. The van der Waals surface area contributed by atoms with Crippen LogP contribution in [0.4, 0.5) is 4.79 Å². The standard InChI is InChI=1S/C15H18BNO4/c1-14(2)15(3,4)21-16(20-14)11-6-5-7-12-10(11)8-9-17(12)13(18)19/h5-9H,1-4H3,(H,18,19). The Morgan fingerprint density at radius 1 is 1.14 bits per heavy atom. The van der Waals surface area contributed by atoms with Gasteiger partial charge >= 0.3 is 13.2 Å². The topological polar surface area (TPSA) is 60.7 Å². The van der Waals surface area contributed by atoms with E-state index in [2.05, 4.69) is 0 Å². The Bertz CT molecular complexity index is 704. The van der Waals surface area contributed by atoms with E-state index in [1.54, 1.807) is 18.3 Å². The highest BCUT2D eigenvalue weighted by Gasteiger charge is 2.52. The van der Waals surface area contributed by atoms with Gasteiger partial charge in [0.2, 0.25) is 0 Å². The summed E-state index contributed by atoms with van der Waals surface area (Å²) in [6.45, 7) is 7.98. The van der Waals surface area contributed by atoms with Gasteiger partial charge < -0.3 is 14.4 Å². The van der Waals surface area contributed by atoms with E-state index in [4.69, 9.17) is 9.31 Å². The predicted octanol–water partition coefficient (Wildman–Crippen LogP) is 2.47. The SMILES string of the molecule is CC1(C)OB(c2cccc3c2ccn3C(=O)O)OC1(C)C. The van der Waals surface area contributed by atoms with Crippen LogP contribution in [0, 0.1) is 0 Å². The van der Waals surface area contributed by atoms with Gasteiger partial charge in [-0.25, -0.2) is 4.79 Å². The largest absolute Gasteiger partial charge is 0.495 e. The minimum atomic E-state index is -1.00.